The molecule has 0 heterocycles. The quantitative estimate of drug-likeness (QED) is 0.668. The first-order chi connectivity index (χ1) is 13.2. The molecule has 4 rings (SSSR count). The van der Waals surface area contributed by atoms with Gasteiger partial charge in [-0.05, 0) is 55.3 Å². The Morgan fingerprint density at radius 1 is 1.07 bits per heavy atom. The number of carbonyl (C=O) groups excluding carboxylic acids is 3. The Labute approximate surface area is 167 Å². The van der Waals surface area contributed by atoms with Crippen LogP contribution in [-0.2, 0) is 23.9 Å². The van der Waals surface area contributed by atoms with E-state index in [1.165, 1.54) is 20.5 Å². The largest absolute Gasteiger partial charge is 0.469 e. The van der Waals surface area contributed by atoms with Crippen LogP contribution in [0.3, 0.4) is 0 Å². The summed E-state index contributed by atoms with van der Waals surface area (Å²) in [7, 11) is 1.43. The van der Waals surface area contributed by atoms with Gasteiger partial charge in [-0.2, -0.15) is 0 Å². The molecule has 0 aromatic carbocycles. The summed E-state index contributed by atoms with van der Waals surface area (Å²) >= 11 is 0. The molecule has 4 aliphatic carbocycles. The van der Waals surface area contributed by atoms with E-state index in [9.17, 15) is 14.4 Å². The van der Waals surface area contributed by atoms with Crippen LogP contribution < -0.4 is 0 Å². The second-order valence-electron chi connectivity index (χ2n) is 10.2. The van der Waals surface area contributed by atoms with Crippen molar-refractivity contribution in [3.05, 3.63) is 0 Å². The van der Waals surface area contributed by atoms with Crippen molar-refractivity contribution in [2.24, 2.45) is 40.4 Å². The molecule has 5 heteroatoms. The van der Waals surface area contributed by atoms with Crippen LogP contribution in [0.5, 0.6) is 0 Å². The highest BCUT2D eigenvalue weighted by molar-refractivity contribution is 5.83. The molecule has 5 nitrogen and oxygen atoms in total. The zero-order chi connectivity index (χ0) is 20.3. The molecule has 8 unspecified atom stereocenters. The fourth-order valence-electron chi connectivity index (χ4n) is 7.94. The summed E-state index contributed by atoms with van der Waals surface area (Å²) in [5.74, 6) is 0.734. The Morgan fingerprint density at radius 3 is 2.50 bits per heavy atom. The SMILES string of the molecule is COC(=O)C1CCC2C3CC(=O)C4CCCCC4(C)C3CC(OC(C)=O)C12C. The van der Waals surface area contributed by atoms with Gasteiger partial charge in [0.2, 0.25) is 0 Å². The zero-order valence-electron chi connectivity index (χ0n) is 17.7. The second kappa shape index (κ2) is 6.84. The highest BCUT2D eigenvalue weighted by atomic mass is 16.5. The number of Topliss-reactive ketones (excluding diaryl/α,β-unsaturated/α-hetero) is 1. The van der Waals surface area contributed by atoms with Crippen LogP contribution in [0.2, 0.25) is 0 Å². The maximum absolute atomic E-state index is 13.1. The van der Waals surface area contributed by atoms with Crippen LogP contribution in [0.15, 0.2) is 0 Å². The topological polar surface area (TPSA) is 69.7 Å². The fraction of sp³-hybridized carbons (Fsp3) is 0.870. The second-order valence-corrected chi connectivity index (χ2v) is 10.2. The van der Waals surface area contributed by atoms with Crippen LogP contribution in [0.4, 0.5) is 0 Å². The van der Waals surface area contributed by atoms with Gasteiger partial charge >= 0.3 is 11.9 Å². The zero-order valence-corrected chi connectivity index (χ0v) is 17.7. The van der Waals surface area contributed by atoms with Crippen molar-refractivity contribution >= 4 is 17.7 Å². The number of methoxy groups -OCH3 is 1. The van der Waals surface area contributed by atoms with Crippen molar-refractivity contribution < 1.29 is 23.9 Å². The van der Waals surface area contributed by atoms with E-state index in [1.54, 1.807) is 0 Å². The molecule has 8 atom stereocenters. The molecule has 0 aromatic rings. The molecule has 0 aromatic heterocycles. The number of carbonyl (C=O) groups is 3. The van der Waals surface area contributed by atoms with Gasteiger partial charge in [0.15, 0.2) is 0 Å². The lowest BCUT2D eigenvalue weighted by Gasteiger charge is -2.61. The number of rotatable bonds is 2. The van der Waals surface area contributed by atoms with E-state index < -0.39 is 5.41 Å². The third-order valence-electron chi connectivity index (χ3n) is 9.23. The van der Waals surface area contributed by atoms with Crippen molar-refractivity contribution in [3.63, 3.8) is 0 Å². The Bertz CT molecular complexity index is 686. The molecule has 0 N–H and O–H groups in total. The summed E-state index contributed by atoms with van der Waals surface area (Å²) in [6.07, 6.45) is 7.18. The predicted molar refractivity (Wildman–Crippen MR) is 103 cm³/mol. The maximum Gasteiger partial charge on any atom is 0.309 e. The molecule has 0 amide bonds. The minimum atomic E-state index is -0.446. The van der Waals surface area contributed by atoms with Crippen molar-refractivity contribution in [3.8, 4) is 0 Å². The predicted octanol–water partition coefficient (Wildman–Crippen LogP) is 3.93. The molecule has 156 valence electrons. The Kier molecular flexibility index (Phi) is 4.86. The van der Waals surface area contributed by atoms with Gasteiger partial charge in [0.1, 0.15) is 11.9 Å². The molecule has 4 saturated carbocycles. The molecule has 0 radical (unpaired) electrons. The summed E-state index contributed by atoms with van der Waals surface area (Å²) in [5, 5.41) is 0. The first-order valence-corrected chi connectivity index (χ1v) is 11.0. The van der Waals surface area contributed by atoms with Gasteiger partial charge in [0.05, 0.1) is 13.0 Å². The number of ether oxygens (including phenoxy) is 2. The van der Waals surface area contributed by atoms with Gasteiger partial charge in [0, 0.05) is 24.7 Å². The smallest absolute Gasteiger partial charge is 0.309 e. The molecule has 0 spiro atoms. The van der Waals surface area contributed by atoms with E-state index in [1.807, 2.05) is 0 Å². The van der Waals surface area contributed by atoms with Crippen molar-refractivity contribution in [2.45, 2.75) is 78.2 Å². The summed E-state index contributed by atoms with van der Waals surface area (Å²) < 4.78 is 11.0. The Morgan fingerprint density at radius 2 is 1.82 bits per heavy atom. The summed E-state index contributed by atoms with van der Waals surface area (Å²) in [4.78, 5) is 37.7. The van der Waals surface area contributed by atoms with Gasteiger partial charge < -0.3 is 9.47 Å². The Hall–Kier alpha value is -1.39. The summed E-state index contributed by atoms with van der Waals surface area (Å²) in [5.41, 5.74) is -0.445. The van der Waals surface area contributed by atoms with E-state index in [0.717, 1.165) is 38.5 Å². The van der Waals surface area contributed by atoms with E-state index in [2.05, 4.69) is 13.8 Å². The van der Waals surface area contributed by atoms with Crippen LogP contribution in [-0.4, -0.2) is 30.9 Å². The lowest BCUT2D eigenvalue weighted by Crippen LogP contribution is -2.61. The van der Waals surface area contributed by atoms with E-state index >= 15 is 0 Å². The number of hydrogen-bond donors (Lipinski definition) is 0. The normalized spacial score (nSPS) is 47.5. The van der Waals surface area contributed by atoms with Crippen molar-refractivity contribution in [1.82, 2.24) is 0 Å². The number of hydrogen-bond acceptors (Lipinski definition) is 5. The number of ketones is 1. The van der Waals surface area contributed by atoms with E-state index in [-0.39, 0.29) is 41.2 Å². The van der Waals surface area contributed by atoms with Crippen molar-refractivity contribution in [2.75, 3.05) is 7.11 Å². The van der Waals surface area contributed by atoms with E-state index in [4.69, 9.17) is 9.47 Å². The van der Waals surface area contributed by atoms with Crippen LogP contribution in [0.25, 0.3) is 0 Å². The first kappa shape index (κ1) is 19.9. The maximum atomic E-state index is 13.1. The molecular weight excluding hydrogens is 356 g/mol. The lowest BCUT2D eigenvalue weighted by atomic mass is 9.44. The van der Waals surface area contributed by atoms with Gasteiger partial charge in [-0.25, -0.2) is 0 Å². The first-order valence-electron chi connectivity index (χ1n) is 11.0. The third-order valence-corrected chi connectivity index (χ3v) is 9.23. The average molecular weight is 391 g/mol. The highest BCUT2D eigenvalue weighted by Gasteiger charge is 2.66. The monoisotopic (exact) mass is 390 g/mol. The fourth-order valence-corrected chi connectivity index (χ4v) is 7.94. The van der Waals surface area contributed by atoms with Crippen LogP contribution >= 0.6 is 0 Å². The molecule has 0 bridgehead atoms. The van der Waals surface area contributed by atoms with Gasteiger partial charge in [0.25, 0.3) is 0 Å². The molecule has 0 aliphatic heterocycles. The van der Waals surface area contributed by atoms with Crippen LogP contribution in [0, 0.1) is 40.4 Å². The molecule has 28 heavy (non-hydrogen) atoms. The third kappa shape index (κ3) is 2.68. The summed E-state index contributed by atoms with van der Waals surface area (Å²) in [6.45, 7) is 5.88. The molecular formula is C23H34O5. The van der Waals surface area contributed by atoms with Crippen molar-refractivity contribution in [1.29, 1.82) is 0 Å². The number of fused-ring (bicyclic) bond motifs is 5. The Balaban J connectivity index is 1.75. The van der Waals surface area contributed by atoms with Crippen LogP contribution in [0.1, 0.15) is 72.1 Å². The number of esters is 2. The lowest BCUT2D eigenvalue weighted by molar-refractivity contribution is -0.196. The summed E-state index contributed by atoms with van der Waals surface area (Å²) in [6, 6.07) is 0. The minimum absolute atomic E-state index is 0.00132. The standard InChI is InChI=1S/C23H34O5/c1-13(24)28-20-12-18-14(11-19(25)16-7-5-6-10-22(16,18)2)15-8-9-17(21(26)27-4)23(15,20)3/h14-18,20H,5-12H2,1-4H3. The van der Waals surface area contributed by atoms with Gasteiger partial charge in [-0.15, -0.1) is 0 Å². The van der Waals surface area contributed by atoms with Gasteiger partial charge in [-0.1, -0.05) is 26.7 Å². The molecule has 4 aliphatic rings. The van der Waals surface area contributed by atoms with E-state index in [0.29, 0.717) is 24.0 Å². The van der Waals surface area contributed by atoms with Gasteiger partial charge in [-0.3, -0.25) is 14.4 Å². The minimum Gasteiger partial charge on any atom is -0.469 e. The average Bonchev–Trinajstić information content (AvgIpc) is 3.00. The highest BCUT2D eigenvalue weighted by Crippen LogP contribution is 2.67. The molecule has 4 fully saturated rings. The molecule has 0 saturated heterocycles.